The normalized spacial score (nSPS) is 12.1. The second-order valence-corrected chi connectivity index (χ2v) is 4.00. The van der Waals surface area contributed by atoms with Gasteiger partial charge >= 0.3 is 5.97 Å². The van der Waals surface area contributed by atoms with Crippen molar-refractivity contribution in [2.24, 2.45) is 0 Å². The smallest absolute Gasteiger partial charge is 0.336 e. The van der Waals surface area contributed by atoms with Gasteiger partial charge in [0.25, 0.3) is 0 Å². The van der Waals surface area contributed by atoms with Crippen LogP contribution < -0.4 is 0 Å². The standard InChI is InChI=1S/C14H10N2O2.C2H6.Y/c1-8-10-6-9-4-2-3-5-12(9)16-13(10)11(7-15-8)14(17)18;1-2;/h2-7H,1H2,(H2,15,16,17,18);1-2H3;/p-1. The molecule has 2 heterocycles. The van der Waals surface area contributed by atoms with E-state index in [1.54, 1.807) is 0 Å². The molecular formula is C16H15N2O2Y-. The number of aromatic nitrogens is 1. The van der Waals surface area contributed by atoms with E-state index in [1.807, 2.05) is 44.2 Å². The molecule has 1 radical (unpaired) electrons. The summed E-state index contributed by atoms with van der Waals surface area (Å²) in [7, 11) is 0. The van der Waals surface area contributed by atoms with E-state index in [1.165, 1.54) is 6.20 Å². The minimum atomic E-state index is -1.03. The monoisotopic (exact) mass is 356 g/mol. The minimum absolute atomic E-state index is 0. The quantitative estimate of drug-likeness (QED) is 0.839. The summed E-state index contributed by atoms with van der Waals surface area (Å²) in [5.41, 5.74) is 2.50. The maximum absolute atomic E-state index is 11.2. The molecule has 1 aliphatic rings. The Morgan fingerprint density at radius 3 is 2.62 bits per heavy atom. The van der Waals surface area contributed by atoms with Gasteiger partial charge in [0.2, 0.25) is 0 Å². The number of aliphatic carboxylic acids is 1. The number of hydrogen-bond acceptors (Lipinski definition) is 2. The molecule has 0 atom stereocenters. The number of carboxylic acid groups (broad SMARTS) is 1. The third kappa shape index (κ3) is 3.39. The average Bonchev–Trinajstić information content (AvgIpc) is 2.48. The Morgan fingerprint density at radius 1 is 1.29 bits per heavy atom. The number of carboxylic acids is 1. The molecule has 4 nitrogen and oxygen atoms in total. The summed E-state index contributed by atoms with van der Waals surface area (Å²) >= 11 is 0. The first-order valence-electron chi connectivity index (χ1n) is 6.40. The summed E-state index contributed by atoms with van der Waals surface area (Å²) in [5.74, 6) is -1.03. The molecule has 1 aromatic heterocycles. The van der Waals surface area contributed by atoms with Crippen LogP contribution in [0.3, 0.4) is 0 Å². The molecule has 105 valence electrons. The molecule has 5 heteroatoms. The summed E-state index contributed by atoms with van der Waals surface area (Å²) < 4.78 is 0. The zero-order valence-electron chi connectivity index (χ0n) is 12.0. The average molecular weight is 356 g/mol. The van der Waals surface area contributed by atoms with Gasteiger partial charge in [-0.25, -0.2) is 9.78 Å². The third-order valence-corrected chi connectivity index (χ3v) is 2.87. The number of nitrogens with zero attached hydrogens (tertiary/aromatic N) is 2. The van der Waals surface area contributed by atoms with E-state index in [-0.39, 0.29) is 38.3 Å². The molecule has 0 saturated heterocycles. The Hall–Kier alpha value is -1.52. The summed E-state index contributed by atoms with van der Waals surface area (Å²) in [6.45, 7) is 7.81. The van der Waals surface area contributed by atoms with Crippen LogP contribution in [0.1, 0.15) is 25.1 Å². The zero-order valence-corrected chi connectivity index (χ0v) is 14.8. The van der Waals surface area contributed by atoms with Crippen molar-refractivity contribution in [2.75, 3.05) is 0 Å². The van der Waals surface area contributed by atoms with Gasteiger partial charge in [-0.2, -0.15) is 6.20 Å². The van der Waals surface area contributed by atoms with Gasteiger partial charge in [0.05, 0.1) is 16.8 Å². The van der Waals surface area contributed by atoms with E-state index < -0.39 is 5.97 Å². The Morgan fingerprint density at radius 2 is 1.95 bits per heavy atom. The van der Waals surface area contributed by atoms with E-state index in [4.69, 9.17) is 5.11 Å². The number of para-hydroxylation sites is 1. The number of fused-ring (bicyclic) bond motifs is 2. The molecule has 3 rings (SSSR count). The van der Waals surface area contributed by atoms with Gasteiger partial charge in [0.1, 0.15) is 0 Å². The minimum Gasteiger partial charge on any atom is -0.663 e. The topological polar surface area (TPSA) is 64.3 Å². The first-order chi connectivity index (χ1) is 9.66. The van der Waals surface area contributed by atoms with E-state index in [0.717, 1.165) is 10.9 Å². The second kappa shape index (κ2) is 7.48. The maximum atomic E-state index is 11.2. The van der Waals surface area contributed by atoms with Crippen LogP contribution in [-0.2, 0) is 37.5 Å². The number of pyridine rings is 1. The maximum Gasteiger partial charge on any atom is 0.336 e. The van der Waals surface area contributed by atoms with E-state index in [0.29, 0.717) is 17.0 Å². The van der Waals surface area contributed by atoms with Crippen LogP contribution in [0.2, 0.25) is 0 Å². The fourth-order valence-electron chi connectivity index (χ4n) is 1.97. The van der Waals surface area contributed by atoms with Gasteiger partial charge in [-0.3, -0.25) is 0 Å². The SMILES string of the molecule is C=C1[N-]C=C(C(=O)O)c2nc3ccccc3cc21.CC.[Y]. The number of hydrogen-bond donors (Lipinski definition) is 1. The fourth-order valence-corrected chi connectivity index (χ4v) is 1.97. The van der Waals surface area contributed by atoms with Gasteiger partial charge < -0.3 is 10.4 Å². The van der Waals surface area contributed by atoms with Gasteiger partial charge in [0, 0.05) is 38.1 Å². The molecule has 0 fully saturated rings. The first kappa shape index (κ1) is 17.5. The molecule has 0 spiro atoms. The molecule has 1 aromatic carbocycles. The zero-order chi connectivity index (χ0) is 14.7. The third-order valence-electron chi connectivity index (χ3n) is 2.87. The Labute approximate surface area is 148 Å². The molecule has 0 saturated carbocycles. The van der Waals surface area contributed by atoms with Crippen LogP contribution in [0.25, 0.3) is 27.5 Å². The molecular weight excluding hydrogens is 341 g/mol. The van der Waals surface area contributed by atoms with Crippen LogP contribution in [0.5, 0.6) is 0 Å². The van der Waals surface area contributed by atoms with Crippen LogP contribution in [-0.4, -0.2) is 16.1 Å². The molecule has 0 unspecified atom stereocenters. The second-order valence-electron chi connectivity index (χ2n) is 4.00. The molecule has 0 aliphatic carbocycles. The molecule has 0 bridgehead atoms. The van der Waals surface area contributed by atoms with Crippen molar-refractivity contribution >= 4 is 28.1 Å². The van der Waals surface area contributed by atoms with Crippen molar-refractivity contribution in [2.45, 2.75) is 13.8 Å². The van der Waals surface area contributed by atoms with Gasteiger partial charge in [-0.15, -0.1) is 12.3 Å². The number of carbonyl (C=O) groups is 1. The number of rotatable bonds is 1. The van der Waals surface area contributed by atoms with Gasteiger partial charge in [-0.1, -0.05) is 32.0 Å². The number of benzene rings is 1. The van der Waals surface area contributed by atoms with Crippen molar-refractivity contribution in [1.82, 2.24) is 4.98 Å². The molecule has 1 N–H and O–H groups in total. The van der Waals surface area contributed by atoms with Crippen molar-refractivity contribution in [3.63, 3.8) is 0 Å². The predicted molar refractivity (Wildman–Crippen MR) is 81.1 cm³/mol. The van der Waals surface area contributed by atoms with Gasteiger partial charge in [-0.05, 0) is 17.7 Å². The van der Waals surface area contributed by atoms with Crippen LogP contribution in [0, 0.1) is 0 Å². The van der Waals surface area contributed by atoms with Crippen molar-refractivity contribution in [1.29, 1.82) is 0 Å². The van der Waals surface area contributed by atoms with E-state index in [9.17, 15) is 4.79 Å². The van der Waals surface area contributed by atoms with Gasteiger partial charge in [0.15, 0.2) is 0 Å². The van der Waals surface area contributed by atoms with Crippen molar-refractivity contribution in [3.05, 3.63) is 59.7 Å². The fraction of sp³-hybridized carbons (Fsp3) is 0.125. The van der Waals surface area contributed by atoms with Crippen LogP contribution in [0.4, 0.5) is 0 Å². The molecule has 2 aromatic rings. The largest absolute Gasteiger partial charge is 0.663 e. The summed E-state index contributed by atoms with van der Waals surface area (Å²) in [6, 6.07) is 9.43. The Balaban J connectivity index is 0.000000706. The molecule has 21 heavy (non-hydrogen) atoms. The van der Waals surface area contributed by atoms with E-state index in [2.05, 4.69) is 16.9 Å². The predicted octanol–water partition coefficient (Wildman–Crippen LogP) is 4.04. The van der Waals surface area contributed by atoms with Crippen LogP contribution >= 0.6 is 0 Å². The summed E-state index contributed by atoms with van der Waals surface area (Å²) in [4.78, 5) is 15.6. The van der Waals surface area contributed by atoms with E-state index >= 15 is 0 Å². The first-order valence-corrected chi connectivity index (χ1v) is 6.40. The summed E-state index contributed by atoms with van der Waals surface area (Å²) in [6.07, 6.45) is 1.30. The molecule has 1 aliphatic heterocycles. The Kier molecular flexibility index (Phi) is 6.25. The van der Waals surface area contributed by atoms with Crippen LogP contribution in [0.15, 0.2) is 43.1 Å². The molecule has 0 amide bonds. The summed E-state index contributed by atoms with van der Waals surface area (Å²) in [5, 5.41) is 14.1. The Bertz CT molecular complexity index is 723. The van der Waals surface area contributed by atoms with Crippen molar-refractivity contribution in [3.8, 4) is 0 Å². The van der Waals surface area contributed by atoms with Crippen molar-refractivity contribution < 1.29 is 42.6 Å².